The van der Waals surface area contributed by atoms with Gasteiger partial charge in [0.2, 0.25) is 5.91 Å². The van der Waals surface area contributed by atoms with Crippen molar-refractivity contribution in [2.75, 3.05) is 11.9 Å². The molecule has 1 amide bonds. The normalized spacial score (nSPS) is 13.6. The molecule has 140 valence electrons. The molecule has 0 spiro atoms. The standard InChI is InChI=1S/C19H21N5O3/c1-22-17-13(18(26)23(2)19(22)27)7-9-24(17)11-16(25)21-15-5-3-4-12-6-8-20-10-14(12)15/h3-5,7,9,20H,6,8,10-11H2,1-2H3,(H,21,25). The lowest BCUT2D eigenvalue weighted by Gasteiger charge is -2.20. The second kappa shape index (κ2) is 6.55. The summed E-state index contributed by atoms with van der Waals surface area (Å²) in [6, 6.07) is 7.55. The zero-order valence-corrected chi connectivity index (χ0v) is 15.3. The molecule has 2 aromatic heterocycles. The van der Waals surface area contributed by atoms with Crippen LogP contribution in [0, 0.1) is 0 Å². The zero-order valence-electron chi connectivity index (χ0n) is 15.3. The molecule has 0 fully saturated rings. The Hall–Kier alpha value is -3.13. The van der Waals surface area contributed by atoms with E-state index in [0.717, 1.165) is 35.3 Å². The number of hydrogen-bond acceptors (Lipinski definition) is 4. The molecule has 0 saturated heterocycles. The molecule has 0 radical (unpaired) electrons. The first kappa shape index (κ1) is 17.3. The maximum absolute atomic E-state index is 12.6. The number of carbonyl (C=O) groups is 1. The molecule has 27 heavy (non-hydrogen) atoms. The quantitative estimate of drug-likeness (QED) is 0.698. The molecule has 8 nitrogen and oxygen atoms in total. The Morgan fingerprint density at radius 2 is 2.00 bits per heavy atom. The fraction of sp³-hybridized carbons (Fsp3) is 0.316. The first-order valence-electron chi connectivity index (χ1n) is 8.83. The van der Waals surface area contributed by atoms with Gasteiger partial charge in [0.25, 0.3) is 5.56 Å². The Labute approximate surface area is 155 Å². The molecular formula is C19H21N5O3. The molecule has 2 N–H and O–H groups in total. The molecule has 1 aliphatic rings. The summed E-state index contributed by atoms with van der Waals surface area (Å²) in [5.74, 6) is -0.209. The second-order valence-electron chi connectivity index (χ2n) is 6.80. The summed E-state index contributed by atoms with van der Waals surface area (Å²) >= 11 is 0. The van der Waals surface area contributed by atoms with Gasteiger partial charge in [0.05, 0.1) is 5.39 Å². The van der Waals surface area contributed by atoms with E-state index in [-0.39, 0.29) is 18.0 Å². The molecule has 3 heterocycles. The van der Waals surface area contributed by atoms with Crippen LogP contribution in [-0.4, -0.2) is 26.2 Å². The van der Waals surface area contributed by atoms with Gasteiger partial charge in [0.15, 0.2) is 0 Å². The van der Waals surface area contributed by atoms with Crippen LogP contribution in [0.15, 0.2) is 40.1 Å². The SMILES string of the molecule is Cn1c(=O)c2ccn(CC(=O)Nc3cccc4c3CNCC4)c2n(C)c1=O. The monoisotopic (exact) mass is 367 g/mol. The van der Waals surface area contributed by atoms with E-state index in [1.165, 1.54) is 17.2 Å². The highest BCUT2D eigenvalue weighted by Crippen LogP contribution is 2.23. The Kier molecular flexibility index (Phi) is 4.19. The number of carbonyl (C=O) groups excluding carboxylic acids is 1. The predicted molar refractivity (Wildman–Crippen MR) is 103 cm³/mol. The van der Waals surface area contributed by atoms with Gasteiger partial charge in [-0.25, -0.2) is 4.79 Å². The van der Waals surface area contributed by atoms with Gasteiger partial charge < -0.3 is 15.2 Å². The van der Waals surface area contributed by atoms with E-state index in [1.807, 2.05) is 12.1 Å². The first-order valence-corrected chi connectivity index (χ1v) is 8.83. The topological polar surface area (TPSA) is 90.1 Å². The minimum atomic E-state index is -0.420. The second-order valence-corrected chi connectivity index (χ2v) is 6.80. The number of anilines is 1. The number of amides is 1. The molecule has 0 atom stereocenters. The van der Waals surface area contributed by atoms with Crippen LogP contribution in [0.5, 0.6) is 0 Å². The number of benzene rings is 1. The summed E-state index contributed by atoms with van der Waals surface area (Å²) in [7, 11) is 3.04. The molecular weight excluding hydrogens is 346 g/mol. The maximum Gasteiger partial charge on any atom is 0.332 e. The fourth-order valence-electron chi connectivity index (χ4n) is 3.69. The van der Waals surface area contributed by atoms with Crippen molar-refractivity contribution in [1.82, 2.24) is 19.0 Å². The summed E-state index contributed by atoms with van der Waals surface area (Å²) in [5, 5.41) is 6.69. The predicted octanol–water partition coefficient (Wildman–Crippen LogP) is 0.323. The summed E-state index contributed by atoms with van der Waals surface area (Å²) in [5.41, 5.74) is 2.80. The third-order valence-corrected chi connectivity index (χ3v) is 5.09. The Morgan fingerprint density at radius 1 is 1.19 bits per heavy atom. The highest BCUT2D eigenvalue weighted by Gasteiger charge is 2.17. The van der Waals surface area contributed by atoms with E-state index in [4.69, 9.17) is 0 Å². The number of nitrogens with zero attached hydrogens (tertiary/aromatic N) is 3. The fourth-order valence-corrected chi connectivity index (χ4v) is 3.69. The third-order valence-electron chi connectivity index (χ3n) is 5.09. The van der Waals surface area contributed by atoms with Crippen molar-refractivity contribution in [3.8, 4) is 0 Å². The van der Waals surface area contributed by atoms with Gasteiger partial charge in [-0.1, -0.05) is 12.1 Å². The van der Waals surface area contributed by atoms with Crippen LogP contribution in [0.1, 0.15) is 11.1 Å². The summed E-state index contributed by atoms with van der Waals surface area (Å²) in [4.78, 5) is 37.1. The van der Waals surface area contributed by atoms with Crippen LogP contribution in [0.3, 0.4) is 0 Å². The molecule has 1 aliphatic heterocycles. The average Bonchev–Trinajstić information content (AvgIpc) is 3.08. The lowest BCUT2D eigenvalue weighted by molar-refractivity contribution is -0.116. The molecule has 3 aromatic rings. The van der Waals surface area contributed by atoms with E-state index in [2.05, 4.69) is 16.7 Å². The number of rotatable bonds is 3. The number of aryl methyl sites for hydroxylation is 1. The summed E-state index contributed by atoms with van der Waals surface area (Å²) in [6.07, 6.45) is 2.60. The average molecular weight is 367 g/mol. The Morgan fingerprint density at radius 3 is 2.81 bits per heavy atom. The van der Waals surface area contributed by atoms with Crippen LogP contribution in [0.4, 0.5) is 5.69 Å². The van der Waals surface area contributed by atoms with E-state index in [9.17, 15) is 14.4 Å². The molecule has 0 saturated carbocycles. The maximum atomic E-state index is 12.6. The number of fused-ring (bicyclic) bond motifs is 2. The van der Waals surface area contributed by atoms with Gasteiger partial charge in [-0.05, 0) is 36.2 Å². The van der Waals surface area contributed by atoms with Crippen molar-refractivity contribution in [3.63, 3.8) is 0 Å². The smallest absolute Gasteiger partial charge is 0.324 e. The van der Waals surface area contributed by atoms with Crippen molar-refractivity contribution in [3.05, 3.63) is 62.4 Å². The highest BCUT2D eigenvalue weighted by molar-refractivity contribution is 5.92. The van der Waals surface area contributed by atoms with E-state index < -0.39 is 5.69 Å². The minimum Gasteiger partial charge on any atom is -0.324 e. The van der Waals surface area contributed by atoms with E-state index in [1.54, 1.807) is 23.9 Å². The van der Waals surface area contributed by atoms with Crippen LogP contribution < -0.4 is 21.9 Å². The zero-order chi connectivity index (χ0) is 19.1. The van der Waals surface area contributed by atoms with Gasteiger partial charge in [0.1, 0.15) is 12.2 Å². The van der Waals surface area contributed by atoms with Crippen molar-refractivity contribution < 1.29 is 4.79 Å². The van der Waals surface area contributed by atoms with Gasteiger partial charge in [0, 0.05) is 32.5 Å². The van der Waals surface area contributed by atoms with Gasteiger partial charge >= 0.3 is 5.69 Å². The summed E-state index contributed by atoms with van der Waals surface area (Å²) < 4.78 is 4.08. The van der Waals surface area contributed by atoms with E-state index >= 15 is 0 Å². The highest BCUT2D eigenvalue weighted by atomic mass is 16.2. The number of nitrogens with one attached hydrogen (secondary N) is 2. The van der Waals surface area contributed by atoms with Gasteiger partial charge in [-0.3, -0.25) is 18.7 Å². The Balaban J connectivity index is 1.65. The van der Waals surface area contributed by atoms with Crippen molar-refractivity contribution >= 4 is 22.6 Å². The van der Waals surface area contributed by atoms with Gasteiger partial charge in [-0.15, -0.1) is 0 Å². The van der Waals surface area contributed by atoms with Crippen LogP contribution in [0.2, 0.25) is 0 Å². The Bertz CT molecular complexity index is 1170. The third kappa shape index (κ3) is 2.87. The largest absolute Gasteiger partial charge is 0.332 e. The molecule has 0 bridgehead atoms. The van der Waals surface area contributed by atoms with Crippen LogP contribution in [0.25, 0.3) is 11.0 Å². The minimum absolute atomic E-state index is 0.0149. The molecule has 1 aromatic carbocycles. The first-order chi connectivity index (χ1) is 13.0. The number of aromatic nitrogens is 3. The van der Waals surface area contributed by atoms with E-state index in [0.29, 0.717) is 11.0 Å². The molecule has 4 rings (SSSR count). The molecule has 0 unspecified atom stereocenters. The van der Waals surface area contributed by atoms with Crippen molar-refractivity contribution in [2.24, 2.45) is 14.1 Å². The van der Waals surface area contributed by atoms with Crippen LogP contribution >= 0.6 is 0 Å². The summed E-state index contributed by atoms with van der Waals surface area (Å²) in [6.45, 7) is 1.67. The molecule has 8 heteroatoms. The van der Waals surface area contributed by atoms with Crippen molar-refractivity contribution in [2.45, 2.75) is 19.5 Å². The van der Waals surface area contributed by atoms with Gasteiger partial charge in [-0.2, -0.15) is 0 Å². The van der Waals surface area contributed by atoms with Crippen molar-refractivity contribution in [1.29, 1.82) is 0 Å². The number of hydrogen-bond donors (Lipinski definition) is 2. The lowest BCUT2D eigenvalue weighted by atomic mass is 9.99. The lowest BCUT2D eigenvalue weighted by Crippen LogP contribution is -2.37. The molecule has 0 aliphatic carbocycles. The van der Waals surface area contributed by atoms with Crippen LogP contribution in [-0.2, 0) is 38.4 Å².